The number of hydrogen-bond donors (Lipinski definition) is 0. The third-order valence-corrected chi connectivity index (χ3v) is 7.78. The van der Waals surface area contributed by atoms with Crippen LogP contribution in [0.15, 0.2) is 47.4 Å². The molecule has 0 radical (unpaired) electrons. The second-order valence-electron chi connectivity index (χ2n) is 8.38. The van der Waals surface area contributed by atoms with Gasteiger partial charge in [-0.3, -0.25) is 9.10 Å². The van der Waals surface area contributed by atoms with Gasteiger partial charge in [0.15, 0.2) is 0 Å². The van der Waals surface area contributed by atoms with Gasteiger partial charge < -0.3 is 9.64 Å². The molecule has 1 atom stereocenters. The third-order valence-electron chi connectivity index (χ3n) is 5.80. The number of aryl methyl sites for hydroxylation is 2. The molecule has 168 valence electrons. The van der Waals surface area contributed by atoms with Crippen LogP contribution < -0.4 is 9.04 Å². The molecule has 7 heteroatoms. The Balaban J connectivity index is 1.89. The average Bonchev–Trinajstić information content (AvgIpc) is 2.73. The Morgan fingerprint density at radius 1 is 1.16 bits per heavy atom. The third kappa shape index (κ3) is 5.39. The number of carbonyl (C=O) groups is 1. The lowest BCUT2D eigenvalue weighted by Gasteiger charge is -2.32. The lowest BCUT2D eigenvalue weighted by molar-refractivity contribution is -0.132. The van der Waals surface area contributed by atoms with Gasteiger partial charge in [-0.1, -0.05) is 24.6 Å². The predicted octanol–water partition coefficient (Wildman–Crippen LogP) is 4.16. The largest absolute Gasteiger partial charge is 0.497 e. The highest BCUT2D eigenvalue weighted by Crippen LogP contribution is 2.28. The number of nitrogens with zero attached hydrogens (tertiary/aromatic N) is 2. The average molecular weight is 445 g/mol. The Morgan fingerprint density at radius 2 is 1.87 bits per heavy atom. The van der Waals surface area contributed by atoms with Gasteiger partial charge in [0.25, 0.3) is 10.0 Å². The summed E-state index contributed by atoms with van der Waals surface area (Å²) in [6.07, 6.45) is 2.27. The minimum atomic E-state index is -3.84. The topological polar surface area (TPSA) is 66.9 Å². The Kier molecular flexibility index (Phi) is 7.26. The highest BCUT2D eigenvalue weighted by atomic mass is 32.2. The van der Waals surface area contributed by atoms with Gasteiger partial charge in [-0.15, -0.1) is 0 Å². The minimum Gasteiger partial charge on any atom is -0.497 e. The van der Waals surface area contributed by atoms with Crippen molar-refractivity contribution in [3.05, 3.63) is 53.6 Å². The molecule has 0 N–H and O–H groups in total. The van der Waals surface area contributed by atoms with E-state index in [0.717, 1.165) is 31.5 Å². The molecular weight excluding hydrogens is 412 g/mol. The number of methoxy groups -OCH3 is 1. The van der Waals surface area contributed by atoms with E-state index in [1.165, 1.54) is 4.31 Å². The molecule has 1 fully saturated rings. The summed E-state index contributed by atoms with van der Waals surface area (Å²) in [4.78, 5) is 15.0. The van der Waals surface area contributed by atoms with E-state index in [9.17, 15) is 13.2 Å². The van der Waals surface area contributed by atoms with Gasteiger partial charge >= 0.3 is 0 Å². The van der Waals surface area contributed by atoms with Gasteiger partial charge in [-0.2, -0.15) is 0 Å². The Bertz CT molecular complexity index is 1020. The van der Waals surface area contributed by atoms with Gasteiger partial charge in [0.1, 0.15) is 5.75 Å². The number of amides is 1. The zero-order valence-electron chi connectivity index (χ0n) is 18.8. The van der Waals surface area contributed by atoms with Gasteiger partial charge in [0, 0.05) is 26.1 Å². The van der Waals surface area contributed by atoms with Crippen LogP contribution in [0.5, 0.6) is 5.75 Å². The fourth-order valence-electron chi connectivity index (χ4n) is 4.12. The van der Waals surface area contributed by atoms with Gasteiger partial charge in [-0.25, -0.2) is 8.42 Å². The van der Waals surface area contributed by atoms with Crippen LogP contribution in [0.2, 0.25) is 0 Å². The van der Waals surface area contributed by atoms with E-state index in [2.05, 4.69) is 6.92 Å². The first-order valence-electron chi connectivity index (χ1n) is 10.7. The predicted molar refractivity (Wildman–Crippen MR) is 123 cm³/mol. The molecule has 1 amide bonds. The van der Waals surface area contributed by atoms with Crippen molar-refractivity contribution in [3.8, 4) is 5.75 Å². The number of likely N-dealkylation sites (tertiary alicyclic amines) is 1. The Labute approximate surface area is 185 Å². The summed E-state index contributed by atoms with van der Waals surface area (Å²) in [5, 5.41) is 0. The molecule has 1 heterocycles. The van der Waals surface area contributed by atoms with Crippen LogP contribution >= 0.6 is 0 Å². The molecule has 1 aliphatic rings. The number of carbonyl (C=O) groups excluding carboxylic acids is 1. The van der Waals surface area contributed by atoms with Crippen molar-refractivity contribution < 1.29 is 17.9 Å². The fraction of sp³-hybridized carbons (Fsp3) is 0.458. The zero-order valence-corrected chi connectivity index (χ0v) is 19.6. The summed E-state index contributed by atoms with van der Waals surface area (Å²) < 4.78 is 33.8. The second kappa shape index (κ2) is 9.73. The van der Waals surface area contributed by atoms with E-state index in [1.54, 1.807) is 50.4 Å². The summed E-state index contributed by atoms with van der Waals surface area (Å²) in [7, 11) is -2.27. The van der Waals surface area contributed by atoms with E-state index in [-0.39, 0.29) is 23.8 Å². The molecule has 0 saturated carbocycles. The van der Waals surface area contributed by atoms with E-state index >= 15 is 0 Å². The number of ether oxygens (including phenoxy) is 1. The summed E-state index contributed by atoms with van der Waals surface area (Å²) >= 11 is 0. The van der Waals surface area contributed by atoms with Crippen molar-refractivity contribution in [2.45, 2.75) is 44.9 Å². The number of rotatable bonds is 7. The summed E-state index contributed by atoms with van der Waals surface area (Å²) in [6, 6.07) is 12.2. The minimum absolute atomic E-state index is 0.000824. The van der Waals surface area contributed by atoms with Crippen LogP contribution in [-0.4, -0.2) is 46.0 Å². The van der Waals surface area contributed by atoms with E-state index in [0.29, 0.717) is 22.9 Å². The van der Waals surface area contributed by atoms with Gasteiger partial charge in [0.2, 0.25) is 5.91 Å². The van der Waals surface area contributed by atoms with Crippen LogP contribution in [0.25, 0.3) is 0 Å². The van der Waals surface area contributed by atoms with Crippen molar-refractivity contribution in [3.63, 3.8) is 0 Å². The zero-order chi connectivity index (χ0) is 22.6. The second-order valence-corrected chi connectivity index (χ2v) is 10.2. The molecular formula is C24H32N2O4S. The van der Waals surface area contributed by atoms with Gasteiger partial charge in [0.05, 0.1) is 17.7 Å². The van der Waals surface area contributed by atoms with Crippen LogP contribution in [0, 0.1) is 19.8 Å². The van der Waals surface area contributed by atoms with Crippen LogP contribution in [0.1, 0.15) is 37.3 Å². The molecule has 0 bridgehead atoms. The molecule has 0 spiro atoms. The maximum atomic E-state index is 13.6. The first-order chi connectivity index (χ1) is 14.7. The quantitative estimate of drug-likeness (QED) is 0.643. The highest BCUT2D eigenvalue weighted by molar-refractivity contribution is 7.92. The maximum Gasteiger partial charge on any atom is 0.264 e. The number of anilines is 1. The normalized spacial score (nSPS) is 16.8. The first kappa shape index (κ1) is 23.1. The van der Waals surface area contributed by atoms with Crippen molar-refractivity contribution in [2.24, 2.45) is 5.92 Å². The first-order valence-corrected chi connectivity index (χ1v) is 12.2. The van der Waals surface area contributed by atoms with Crippen molar-refractivity contribution in [1.29, 1.82) is 0 Å². The molecule has 3 rings (SSSR count). The van der Waals surface area contributed by atoms with Gasteiger partial charge in [-0.05, 0) is 68.5 Å². The summed E-state index contributed by atoms with van der Waals surface area (Å²) in [5.41, 5.74) is 2.21. The maximum absolute atomic E-state index is 13.6. The monoisotopic (exact) mass is 444 g/mol. The molecule has 2 aromatic rings. The summed E-state index contributed by atoms with van der Waals surface area (Å²) in [6.45, 7) is 7.45. The lowest BCUT2D eigenvalue weighted by atomic mass is 10.00. The molecule has 31 heavy (non-hydrogen) atoms. The number of sulfonamides is 1. The Hall–Kier alpha value is -2.54. The molecule has 2 aromatic carbocycles. The molecule has 1 saturated heterocycles. The highest BCUT2D eigenvalue weighted by Gasteiger charge is 2.28. The molecule has 1 aliphatic heterocycles. The van der Waals surface area contributed by atoms with Crippen LogP contribution in [0.3, 0.4) is 0 Å². The summed E-state index contributed by atoms with van der Waals surface area (Å²) in [5.74, 6) is 1.13. The van der Waals surface area contributed by atoms with E-state index in [4.69, 9.17) is 4.74 Å². The van der Waals surface area contributed by atoms with Crippen LogP contribution in [0.4, 0.5) is 5.69 Å². The molecule has 1 unspecified atom stereocenters. The standard InChI is InChI=1S/C24H32N2O4S/c1-18-7-12-23(20(3)16-18)31(28,29)26(21-8-10-22(30-4)11-9-21)15-13-24(27)25-14-5-6-19(2)17-25/h7-12,16,19H,5-6,13-15,17H2,1-4H3. The smallest absolute Gasteiger partial charge is 0.264 e. The van der Waals surface area contributed by atoms with E-state index < -0.39 is 10.0 Å². The number of piperidine rings is 1. The lowest BCUT2D eigenvalue weighted by Crippen LogP contribution is -2.41. The molecule has 0 aliphatic carbocycles. The van der Waals surface area contributed by atoms with Crippen molar-refractivity contribution in [2.75, 3.05) is 31.0 Å². The number of hydrogen-bond acceptors (Lipinski definition) is 4. The Morgan fingerprint density at radius 3 is 2.48 bits per heavy atom. The SMILES string of the molecule is COc1ccc(N(CCC(=O)N2CCCC(C)C2)S(=O)(=O)c2ccc(C)cc2C)cc1. The number of benzene rings is 2. The fourth-order valence-corrected chi connectivity index (χ4v) is 5.79. The van der Waals surface area contributed by atoms with Crippen LogP contribution in [-0.2, 0) is 14.8 Å². The molecule has 6 nitrogen and oxygen atoms in total. The molecule has 0 aromatic heterocycles. The van der Waals surface area contributed by atoms with Crippen molar-refractivity contribution in [1.82, 2.24) is 4.90 Å². The van der Waals surface area contributed by atoms with Crippen molar-refractivity contribution >= 4 is 21.6 Å². The van der Waals surface area contributed by atoms with E-state index in [1.807, 2.05) is 17.9 Å².